The standard InChI is InChI=1S/C21H27N5O6/c1-25(10-12-32-11-8-22)9-7-17(28)23-14-4-2-3-13-18(14)21(31)26(20(13)30)15-5-6-16(27)24-19(15)29/h2-4,15H,5-12,22H2,1H3,(H,23,28)(H,24,27,29). The molecule has 0 aliphatic carbocycles. The number of hydrogen-bond acceptors (Lipinski definition) is 8. The van der Waals surface area contributed by atoms with Gasteiger partial charge in [-0.15, -0.1) is 0 Å². The minimum atomic E-state index is -1.06. The predicted octanol–water partition coefficient (Wildman–Crippen LogP) is -0.676. The van der Waals surface area contributed by atoms with Crippen LogP contribution in [-0.2, 0) is 19.1 Å². The normalized spacial score (nSPS) is 18.2. The topological polar surface area (TPSA) is 151 Å². The van der Waals surface area contributed by atoms with E-state index < -0.39 is 29.7 Å². The van der Waals surface area contributed by atoms with Gasteiger partial charge >= 0.3 is 0 Å². The van der Waals surface area contributed by atoms with E-state index in [2.05, 4.69) is 10.6 Å². The number of piperidine rings is 1. The summed E-state index contributed by atoms with van der Waals surface area (Å²) < 4.78 is 5.31. The minimum absolute atomic E-state index is 0.0399. The third kappa shape index (κ3) is 5.18. The van der Waals surface area contributed by atoms with Gasteiger partial charge in [-0.05, 0) is 25.6 Å². The zero-order chi connectivity index (χ0) is 23.3. The molecule has 1 atom stereocenters. The predicted molar refractivity (Wildman–Crippen MR) is 114 cm³/mol. The number of likely N-dealkylation sites (N-methyl/N-ethyl adjacent to an activating group) is 1. The maximum atomic E-state index is 13.0. The molecule has 5 amide bonds. The van der Waals surface area contributed by atoms with Gasteiger partial charge in [-0.3, -0.25) is 34.2 Å². The lowest BCUT2D eigenvalue weighted by molar-refractivity contribution is -0.136. The monoisotopic (exact) mass is 445 g/mol. The maximum Gasteiger partial charge on any atom is 0.264 e. The van der Waals surface area contributed by atoms with Crippen LogP contribution in [0, 0.1) is 0 Å². The molecule has 1 unspecified atom stereocenters. The largest absolute Gasteiger partial charge is 0.379 e. The molecule has 4 N–H and O–H groups in total. The van der Waals surface area contributed by atoms with Crippen LogP contribution in [0.5, 0.6) is 0 Å². The van der Waals surface area contributed by atoms with Crippen LogP contribution in [0.15, 0.2) is 18.2 Å². The number of carbonyl (C=O) groups excluding carboxylic acids is 5. The Balaban J connectivity index is 1.64. The lowest BCUT2D eigenvalue weighted by Crippen LogP contribution is -2.54. The van der Waals surface area contributed by atoms with Crippen molar-refractivity contribution in [1.29, 1.82) is 0 Å². The molecule has 3 rings (SSSR count). The molecule has 1 fully saturated rings. The molecule has 11 nitrogen and oxygen atoms in total. The Morgan fingerprint density at radius 1 is 1.22 bits per heavy atom. The Labute approximate surface area is 185 Å². The van der Waals surface area contributed by atoms with Crippen LogP contribution in [0.4, 0.5) is 5.69 Å². The molecule has 2 heterocycles. The van der Waals surface area contributed by atoms with Crippen LogP contribution in [0.2, 0.25) is 0 Å². The molecule has 1 saturated heterocycles. The Morgan fingerprint density at radius 2 is 2.00 bits per heavy atom. The van der Waals surface area contributed by atoms with Crippen molar-refractivity contribution in [2.24, 2.45) is 5.73 Å². The third-order valence-electron chi connectivity index (χ3n) is 5.34. The van der Waals surface area contributed by atoms with Crippen molar-refractivity contribution in [2.45, 2.75) is 25.3 Å². The molecular weight excluding hydrogens is 418 g/mol. The summed E-state index contributed by atoms with van der Waals surface area (Å²) >= 11 is 0. The summed E-state index contributed by atoms with van der Waals surface area (Å²) in [7, 11) is 1.86. The van der Waals surface area contributed by atoms with E-state index in [0.29, 0.717) is 32.8 Å². The summed E-state index contributed by atoms with van der Waals surface area (Å²) in [5.41, 5.74) is 5.75. The smallest absolute Gasteiger partial charge is 0.264 e. The molecule has 0 radical (unpaired) electrons. The minimum Gasteiger partial charge on any atom is -0.379 e. The van der Waals surface area contributed by atoms with Gasteiger partial charge in [0, 0.05) is 32.5 Å². The second-order valence-corrected chi connectivity index (χ2v) is 7.68. The summed E-state index contributed by atoms with van der Waals surface area (Å²) in [6.07, 6.45) is 0.285. The summed E-state index contributed by atoms with van der Waals surface area (Å²) in [4.78, 5) is 64.7. The summed E-state index contributed by atoms with van der Waals surface area (Å²) in [6, 6.07) is 3.53. The average molecular weight is 445 g/mol. The fraction of sp³-hybridized carbons (Fsp3) is 0.476. The van der Waals surface area contributed by atoms with Gasteiger partial charge in [-0.2, -0.15) is 0 Å². The van der Waals surface area contributed by atoms with Crippen LogP contribution in [-0.4, -0.2) is 85.3 Å². The number of carbonyl (C=O) groups is 5. The number of benzene rings is 1. The average Bonchev–Trinajstić information content (AvgIpc) is 3.01. The van der Waals surface area contributed by atoms with E-state index in [-0.39, 0.29) is 42.0 Å². The molecule has 0 bridgehead atoms. The number of nitrogens with zero attached hydrogens (tertiary/aromatic N) is 2. The Kier molecular flexibility index (Phi) is 7.67. The van der Waals surface area contributed by atoms with E-state index in [1.165, 1.54) is 6.07 Å². The molecule has 1 aromatic carbocycles. The van der Waals surface area contributed by atoms with Gasteiger partial charge in [0.1, 0.15) is 6.04 Å². The molecule has 11 heteroatoms. The second kappa shape index (κ2) is 10.4. The van der Waals surface area contributed by atoms with Crippen molar-refractivity contribution in [3.05, 3.63) is 29.3 Å². The lowest BCUT2D eigenvalue weighted by atomic mass is 10.0. The summed E-state index contributed by atoms with van der Waals surface area (Å²) in [5.74, 6) is -2.71. The zero-order valence-electron chi connectivity index (χ0n) is 17.9. The van der Waals surface area contributed by atoms with Crippen LogP contribution in [0.3, 0.4) is 0 Å². The summed E-state index contributed by atoms with van der Waals surface area (Å²) in [6.45, 7) is 2.56. The first-order valence-corrected chi connectivity index (χ1v) is 10.4. The number of imide groups is 2. The highest BCUT2D eigenvalue weighted by Crippen LogP contribution is 2.32. The summed E-state index contributed by atoms with van der Waals surface area (Å²) in [5, 5.41) is 4.86. The van der Waals surface area contributed by atoms with Gasteiger partial charge < -0.3 is 20.7 Å². The number of hydrogen-bond donors (Lipinski definition) is 3. The number of nitrogens with one attached hydrogen (secondary N) is 2. The Morgan fingerprint density at radius 3 is 2.72 bits per heavy atom. The van der Waals surface area contributed by atoms with E-state index in [1.807, 2.05) is 11.9 Å². The number of amides is 5. The maximum absolute atomic E-state index is 13.0. The van der Waals surface area contributed by atoms with E-state index in [9.17, 15) is 24.0 Å². The SMILES string of the molecule is CN(CCOCCN)CCC(=O)Nc1cccc2c1C(=O)N(C1CCC(=O)NC1=O)C2=O. The molecule has 1 aromatic rings. The van der Waals surface area contributed by atoms with Gasteiger partial charge in [-0.1, -0.05) is 6.07 Å². The first-order valence-electron chi connectivity index (χ1n) is 10.4. The first kappa shape index (κ1) is 23.5. The van der Waals surface area contributed by atoms with Crippen LogP contribution in [0.25, 0.3) is 0 Å². The highest BCUT2D eigenvalue weighted by Gasteiger charge is 2.45. The highest BCUT2D eigenvalue weighted by atomic mass is 16.5. The van der Waals surface area contributed by atoms with Crippen molar-refractivity contribution >= 4 is 35.2 Å². The molecule has 2 aliphatic rings. The molecule has 0 aromatic heterocycles. The van der Waals surface area contributed by atoms with Gasteiger partial charge in [0.25, 0.3) is 11.8 Å². The molecule has 172 valence electrons. The van der Waals surface area contributed by atoms with E-state index in [1.54, 1.807) is 12.1 Å². The van der Waals surface area contributed by atoms with Crippen LogP contribution < -0.4 is 16.4 Å². The molecule has 0 saturated carbocycles. The third-order valence-corrected chi connectivity index (χ3v) is 5.34. The van der Waals surface area contributed by atoms with Gasteiger partial charge in [-0.25, -0.2) is 0 Å². The quantitative estimate of drug-likeness (QED) is 0.317. The second-order valence-electron chi connectivity index (χ2n) is 7.68. The van der Waals surface area contributed by atoms with Gasteiger partial charge in [0.2, 0.25) is 17.7 Å². The van der Waals surface area contributed by atoms with E-state index in [4.69, 9.17) is 10.5 Å². The van der Waals surface area contributed by atoms with Gasteiger partial charge in [0.05, 0.1) is 30.0 Å². The number of nitrogens with two attached hydrogens (primary N) is 1. The highest BCUT2D eigenvalue weighted by molar-refractivity contribution is 6.26. The van der Waals surface area contributed by atoms with Crippen molar-refractivity contribution in [1.82, 2.24) is 15.1 Å². The Bertz CT molecular complexity index is 933. The lowest BCUT2D eigenvalue weighted by Gasteiger charge is -2.27. The van der Waals surface area contributed by atoms with Crippen molar-refractivity contribution < 1.29 is 28.7 Å². The van der Waals surface area contributed by atoms with Gasteiger partial charge in [0.15, 0.2) is 0 Å². The van der Waals surface area contributed by atoms with E-state index in [0.717, 1.165) is 4.90 Å². The van der Waals surface area contributed by atoms with E-state index >= 15 is 0 Å². The van der Waals surface area contributed by atoms with Crippen molar-refractivity contribution in [3.63, 3.8) is 0 Å². The molecule has 32 heavy (non-hydrogen) atoms. The Hall–Kier alpha value is -3.15. The fourth-order valence-corrected chi connectivity index (χ4v) is 3.64. The fourth-order valence-electron chi connectivity index (χ4n) is 3.64. The van der Waals surface area contributed by atoms with Crippen molar-refractivity contribution in [2.75, 3.05) is 45.2 Å². The zero-order valence-corrected chi connectivity index (χ0v) is 17.9. The number of ether oxygens (including phenoxy) is 1. The van der Waals surface area contributed by atoms with Crippen molar-refractivity contribution in [3.8, 4) is 0 Å². The first-order chi connectivity index (χ1) is 15.3. The number of rotatable bonds is 10. The number of fused-ring (bicyclic) bond motifs is 1. The van der Waals surface area contributed by atoms with Crippen LogP contribution >= 0.6 is 0 Å². The molecular formula is C21H27N5O6. The molecule has 2 aliphatic heterocycles. The van der Waals surface area contributed by atoms with Crippen LogP contribution in [0.1, 0.15) is 40.0 Å². The molecule has 0 spiro atoms. The number of anilines is 1.